The average Bonchev–Trinajstić information content (AvgIpc) is 3.47. The van der Waals surface area contributed by atoms with Crippen molar-refractivity contribution in [1.82, 2.24) is 19.7 Å². The number of aromatic nitrogens is 3. The molecule has 0 atom stereocenters. The second kappa shape index (κ2) is 12.3. The van der Waals surface area contributed by atoms with Crippen LogP contribution in [0.15, 0.2) is 78.0 Å². The van der Waals surface area contributed by atoms with Crippen molar-refractivity contribution in [2.45, 2.75) is 11.9 Å². The van der Waals surface area contributed by atoms with Crippen LogP contribution in [-0.4, -0.2) is 77.7 Å². The van der Waals surface area contributed by atoms with Gasteiger partial charge >= 0.3 is 5.97 Å². The molecule has 0 radical (unpaired) electrons. The zero-order valence-corrected chi connectivity index (χ0v) is 23.6. The number of amides is 1. The number of anilines is 1. The maximum Gasteiger partial charge on any atom is 0.358 e. The predicted octanol–water partition coefficient (Wildman–Crippen LogP) is 4.80. The van der Waals surface area contributed by atoms with E-state index in [1.54, 1.807) is 37.0 Å². The summed E-state index contributed by atoms with van der Waals surface area (Å²) in [4.78, 5) is 34.1. The molecule has 0 saturated carbocycles. The minimum atomic E-state index is -0.462. The molecular formula is C30H31N5O4S. The van der Waals surface area contributed by atoms with E-state index < -0.39 is 5.97 Å². The van der Waals surface area contributed by atoms with E-state index in [0.717, 1.165) is 46.5 Å². The summed E-state index contributed by atoms with van der Waals surface area (Å²) in [6.45, 7) is 4.78. The molecule has 0 bridgehead atoms. The lowest BCUT2D eigenvalue weighted by atomic mass is 10.1. The molecule has 3 heterocycles. The lowest BCUT2D eigenvalue weighted by Gasteiger charge is -2.36. The van der Waals surface area contributed by atoms with Crippen molar-refractivity contribution in [1.29, 1.82) is 0 Å². The topological polar surface area (TPSA) is 89.8 Å². The highest BCUT2D eigenvalue weighted by Crippen LogP contribution is 2.28. The first-order valence-corrected chi connectivity index (χ1v) is 14.3. The van der Waals surface area contributed by atoms with Gasteiger partial charge in [-0.25, -0.2) is 14.5 Å². The molecular weight excluding hydrogens is 526 g/mol. The number of carbonyl (C=O) groups excluding carboxylic acids is 2. The lowest BCUT2D eigenvalue weighted by Crippen LogP contribution is -2.48. The summed E-state index contributed by atoms with van der Waals surface area (Å²) in [7, 11) is 1.62. The van der Waals surface area contributed by atoms with Crippen LogP contribution in [-0.2, 0) is 4.74 Å². The van der Waals surface area contributed by atoms with E-state index in [9.17, 15) is 9.59 Å². The second-order valence-electron chi connectivity index (χ2n) is 9.13. The molecule has 1 amide bonds. The summed E-state index contributed by atoms with van der Waals surface area (Å²) in [5.74, 6) is 0.298. The zero-order valence-electron chi connectivity index (χ0n) is 22.7. The third-order valence-corrected chi connectivity index (χ3v) is 7.51. The summed E-state index contributed by atoms with van der Waals surface area (Å²) in [5, 5.41) is 5.31. The SMILES string of the molecule is CCOC(=O)c1cc(-c2ccc(N3CCN(C(=O)c4cccnc4SC)CC3)cc2)n(-c2ccc(OC)cc2)n1. The van der Waals surface area contributed by atoms with Crippen LogP contribution in [0, 0.1) is 0 Å². The summed E-state index contributed by atoms with van der Waals surface area (Å²) in [6, 6.07) is 21.1. The van der Waals surface area contributed by atoms with Crippen LogP contribution < -0.4 is 9.64 Å². The first-order chi connectivity index (χ1) is 19.5. The molecule has 0 N–H and O–H groups in total. The number of methoxy groups -OCH3 is 1. The number of piperazine rings is 1. The average molecular weight is 558 g/mol. The maximum atomic E-state index is 13.1. The Balaban J connectivity index is 1.33. The van der Waals surface area contributed by atoms with E-state index in [0.29, 0.717) is 18.7 Å². The van der Waals surface area contributed by atoms with Gasteiger partial charge in [0.15, 0.2) is 5.69 Å². The Hall–Kier alpha value is -4.31. The molecule has 0 unspecified atom stereocenters. The molecule has 1 saturated heterocycles. The number of hydrogen-bond acceptors (Lipinski definition) is 8. The normalized spacial score (nSPS) is 13.3. The highest BCUT2D eigenvalue weighted by molar-refractivity contribution is 7.98. The van der Waals surface area contributed by atoms with Crippen molar-refractivity contribution >= 4 is 29.3 Å². The first kappa shape index (κ1) is 27.3. The maximum absolute atomic E-state index is 13.1. The first-order valence-electron chi connectivity index (χ1n) is 13.1. The molecule has 1 fully saturated rings. The third kappa shape index (κ3) is 5.67. The number of hydrogen-bond donors (Lipinski definition) is 0. The number of rotatable bonds is 8. The minimum absolute atomic E-state index is 0.0247. The molecule has 0 spiro atoms. The Morgan fingerprint density at radius 1 is 0.950 bits per heavy atom. The summed E-state index contributed by atoms with van der Waals surface area (Å²) >= 11 is 1.48. The van der Waals surface area contributed by atoms with Crippen LogP contribution in [0.25, 0.3) is 16.9 Å². The van der Waals surface area contributed by atoms with Crippen molar-refractivity contribution < 1.29 is 19.1 Å². The van der Waals surface area contributed by atoms with E-state index >= 15 is 0 Å². The van der Waals surface area contributed by atoms with Crippen LogP contribution in [0.4, 0.5) is 5.69 Å². The molecule has 4 aromatic rings. The van der Waals surface area contributed by atoms with Gasteiger partial charge in [-0.2, -0.15) is 5.10 Å². The predicted molar refractivity (Wildman–Crippen MR) is 156 cm³/mol. The van der Waals surface area contributed by atoms with E-state index in [1.165, 1.54) is 11.8 Å². The van der Waals surface area contributed by atoms with Gasteiger partial charge in [0, 0.05) is 43.6 Å². The van der Waals surface area contributed by atoms with Crippen LogP contribution in [0.3, 0.4) is 0 Å². The molecule has 2 aromatic heterocycles. The molecule has 1 aliphatic rings. The monoisotopic (exact) mass is 557 g/mol. The number of esters is 1. The van der Waals surface area contributed by atoms with Crippen molar-refractivity contribution in [2.24, 2.45) is 0 Å². The molecule has 10 heteroatoms. The van der Waals surface area contributed by atoms with Crippen molar-refractivity contribution in [2.75, 3.05) is 51.1 Å². The number of pyridine rings is 1. The van der Waals surface area contributed by atoms with E-state index in [2.05, 4.69) is 27.1 Å². The van der Waals surface area contributed by atoms with Crippen molar-refractivity contribution in [3.63, 3.8) is 0 Å². The Morgan fingerprint density at radius 2 is 1.65 bits per heavy atom. The fraction of sp³-hybridized carbons (Fsp3) is 0.267. The van der Waals surface area contributed by atoms with Crippen LogP contribution in [0.5, 0.6) is 5.75 Å². The van der Waals surface area contributed by atoms with Gasteiger partial charge in [0.05, 0.1) is 30.7 Å². The molecule has 9 nitrogen and oxygen atoms in total. The largest absolute Gasteiger partial charge is 0.497 e. The molecule has 1 aliphatic heterocycles. The third-order valence-electron chi connectivity index (χ3n) is 6.80. The van der Waals surface area contributed by atoms with Crippen LogP contribution >= 0.6 is 11.8 Å². The van der Waals surface area contributed by atoms with Gasteiger partial charge in [0.2, 0.25) is 0 Å². The molecule has 0 aliphatic carbocycles. The fourth-order valence-corrected chi connectivity index (χ4v) is 5.25. The number of nitrogens with zero attached hydrogens (tertiary/aromatic N) is 5. The lowest BCUT2D eigenvalue weighted by molar-refractivity contribution is 0.0518. The fourth-order valence-electron chi connectivity index (χ4n) is 4.71. The van der Waals surface area contributed by atoms with Crippen molar-refractivity contribution in [3.05, 3.63) is 84.2 Å². The second-order valence-corrected chi connectivity index (χ2v) is 9.93. The number of carbonyl (C=O) groups is 2. The number of benzene rings is 2. The molecule has 40 heavy (non-hydrogen) atoms. The van der Waals surface area contributed by atoms with E-state index in [1.807, 2.05) is 53.6 Å². The van der Waals surface area contributed by atoms with Crippen LogP contribution in [0.1, 0.15) is 27.8 Å². The quantitative estimate of drug-likeness (QED) is 0.225. The number of ether oxygens (including phenoxy) is 2. The van der Waals surface area contributed by atoms with Crippen LogP contribution in [0.2, 0.25) is 0 Å². The Labute approximate surface area is 237 Å². The molecule has 5 rings (SSSR count). The van der Waals surface area contributed by atoms with Gasteiger partial charge in [-0.3, -0.25) is 4.79 Å². The zero-order chi connectivity index (χ0) is 28.1. The minimum Gasteiger partial charge on any atom is -0.497 e. The Kier molecular flexibility index (Phi) is 8.35. The smallest absolute Gasteiger partial charge is 0.358 e. The van der Waals surface area contributed by atoms with Gasteiger partial charge in [0.1, 0.15) is 10.8 Å². The van der Waals surface area contributed by atoms with Gasteiger partial charge in [-0.1, -0.05) is 12.1 Å². The highest BCUT2D eigenvalue weighted by atomic mass is 32.2. The number of thioether (sulfide) groups is 1. The van der Waals surface area contributed by atoms with Gasteiger partial charge in [-0.05, 0) is 67.8 Å². The molecule has 2 aromatic carbocycles. The standard InChI is InChI=1S/C30H31N5O4S/c1-4-39-30(37)26-20-27(35(32-26)23-11-13-24(38-2)14-12-23)21-7-9-22(10-8-21)33-16-18-34(19-17-33)29(36)25-6-5-15-31-28(25)40-3/h5-15,20H,4,16-19H2,1-3H3. The van der Waals surface area contributed by atoms with Gasteiger partial charge < -0.3 is 19.3 Å². The summed E-state index contributed by atoms with van der Waals surface area (Å²) in [5.41, 5.74) is 4.46. The van der Waals surface area contributed by atoms with Gasteiger partial charge in [-0.15, -0.1) is 11.8 Å². The highest BCUT2D eigenvalue weighted by Gasteiger charge is 2.25. The Morgan fingerprint density at radius 3 is 2.30 bits per heavy atom. The van der Waals surface area contributed by atoms with Crippen molar-refractivity contribution in [3.8, 4) is 22.7 Å². The van der Waals surface area contributed by atoms with Gasteiger partial charge in [0.25, 0.3) is 5.91 Å². The summed E-state index contributed by atoms with van der Waals surface area (Å²) < 4.78 is 12.2. The van der Waals surface area contributed by atoms with E-state index in [-0.39, 0.29) is 18.2 Å². The van der Waals surface area contributed by atoms with E-state index in [4.69, 9.17) is 9.47 Å². The summed E-state index contributed by atoms with van der Waals surface area (Å²) in [6.07, 6.45) is 3.65. The Bertz CT molecular complexity index is 1480. The molecule has 206 valence electrons.